The predicted octanol–water partition coefficient (Wildman–Crippen LogP) is 3.61. The van der Waals surface area contributed by atoms with Crippen LogP contribution in [0.3, 0.4) is 0 Å². The average molecular weight is 474 g/mol. The monoisotopic (exact) mass is 474 g/mol. The third kappa shape index (κ3) is 6.61. The molecule has 0 saturated carbocycles. The van der Waals surface area contributed by atoms with Crippen LogP contribution in [-0.2, 0) is 0 Å². The van der Waals surface area contributed by atoms with E-state index in [2.05, 4.69) is 55.2 Å². The van der Waals surface area contributed by atoms with Crippen LogP contribution in [0.15, 0.2) is 29.3 Å². The number of halogens is 1. The first-order chi connectivity index (χ1) is 12.0. The molecule has 1 unspecified atom stereocenters. The van der Waals surface area contributed by atoms with Gasteiger partial charge in [0.25, 0.3) is 0 Å². The summed E-state index contributed by atoms with van der Waals surface area (Å²) in [5.41, 5.74) is 1.23. The molecule has 1 aliphatic rings. The Morgan fingerprint density at radius 2 is 2.04 bits per heavy atom. The van der Waals surface area contributed by atoms with E-state index in [9.17, 15) is 0 Å². The van der Waals surface area contributed by atoms with Crippen molar-refractivity contribution in [2.75, 3.05) is 47.4 Å². The summed E-state index contributed by atoms with van der Waals surface area (Å²) in [7, 11) is 5.92. The number of likely N-dealkylation sites (tertiary alicyclic amines) is 1. The van der Waals surface area contributed by atoms with Crippen molar-refractivity contribution in [2.45, 2.75) is 32.7 Å². The molecule has 0 bridgehead atoms. The van der Waals surface area contributed by atoms with Crippen molar-refractivity contribution in [3.05, 3.63) is 29.8 Å². The highest BCUT2D eigenvalue weighted by atomic mass is 127. The molecule has 1 atom stereocenters. The number of aliphatic imine (C=N–C) groups is 1. The van der Waals surface area contributed by atoms with E-state index >= 15 is 0 Å². The van der Waals surface area contributed by atoms with Gasteiger partial charge < -0.3 is 19.9 Å². The third-order valence-corrected chi connectivity index (χ3v) is 4.93. The fourth-order valence-electron chi connectivity index (χ4n) is 3.23. The Labute approximate surface area is 176 Å². The zero-order valence-corrected chi connectivity index (χ0v) is 19.2. The van der Waals surface area contributed by atoms with Gasteiger partial charge in [0.1, 0.15) is 5.75 Å². The molecular formula is C20H35IN4O. The van der Waals surface area contributed by atoms with Gasteiger partial charge in [-0.15, -0.1) is 24.0 Å². The summed E-state index contributed by atoms with van der Waals surface area (Å²) in [6, 6.07) is 8.52. The lowest BCUT2D eigenvalue weighted by atomic mass is 9.99. The van der Waals surface area contributed by atoms with Crippen molar-refractivity contribution in [1.29, 1.82) is 0 Å². The quantitative estimate of drug-likeness (QED) is 0.389. The first kappa shape index (κ1) is 23.0. The fourth-order valence-corrected chi connectivity index (χ4v) is 3.23. The predicted molar refractivity (Wildman–Crippen MR) is 121 cm³/mol. The maximum absolute atomic E-state index is 5.38. The Bertz CT molecular complexity index is 556. The highest BCUT2D eigenvalue weighted by Gasteiger charge is 2.20. The number of hydrogen-bond acceptors (Lipinski definition) is 3. The number of hydrogen-bond donors (Lipinski definition) is 1. The van der Waals surface area contributed by atoms with Gasteiger partial charge in [-0.1, -0.05) is 19.1 Å². The van der Waals surface area contributed by atoms with E-state index in [4.69, 9.17) is 9.73 Å². The summed E-state index contributed by atoms with van der Waals surface area (Å²) in [5.74, 6) is 2.76. The molecule has 2 rings (SSSR count). The zero-order valence-electron chi connectivity index (χ0n) is 16.9. The van der Waals surface area contributed by atoms with Crippen LogP contribution in [0.5, 0.6) is 5.75 Å². The third-order valence-electron chi connectivity index (χ3n) is 4.93. The SMILES string of the molecule is CCNC(=NCC(c1cccc(OC)c1)N(C)C)N1CCC(C)CC1.I. The molecule has 1 aromatic carbocycles. The maximum atomic E-state index is 5.38. The van der Waals surface area contributed by atoms with Crippen molar-refractivity contribution >= 4 is 29.9 Å². The summed E-state index contributed by atoms with van der Waals surface area (Å²) in [6.45, 7) is 8.29. The lowest BCUT2D eigenvalue weighted by Crippen LogP contribution is -2.45. The first-order valence-corrected chi connectivity index (χ1v) is 9.38. The van der Waals surface area contributed by atoms with E-state index in [1.165, 1.54) is 18.4 Å². The second kappa shape index (κ2) is 11.6. The molecule has 1 N–H and O–H groups in total. The van der Waals surface area contributed by atoms with E-state index in [0.29, 0.717) is 0 Å². The second-order valence-electron chi connectivity index (χ2n) is 7.12. The lowest BCUT2D eigenvalue weighted by Gasteiger charge is -2.33. The van der Waals surface area contributed by atoms with Crippen LogP contribution in [0, 0.1) is 5.92 Å². The molecule has 1 aliphatic heterocycles. The van der Waals surface area contributed by atoms with Crippen LogP contribution in [0.25, 0.3) is 0 Å². The Hall–Kier alpha value is -1.02. The highest BCUT2D eigenvalue weighted by molar-refractivity contribution is 14.0. The van der Waals surface area contributed by atoms with E-state index in [-0.39, 0.29) is 30.0 Å². The molecule has 26 heavy (non-hydrogen) atoms. The molecule has 1 fully saturated rings. The number of piperidine rings is 1. The van der Waals surface area contributed by atoms with E-state index in [1.807, 2.05) is 12.1 Å². The molecule has 0 amide bonds. The average Bonchev–Trinajstić information content (AvgIpc) is 2.61. The number of likely N-dealkylation sites (N-methyl/N-ethyl adjacent to an activating group) is 1. The van der Waals surface area contributed by atoms with Crippen molar-refractivity contribution in [1.82, 2.24) is 15.1 Å². The molecule has 1 saturated heterocycles. The van der Waals surface area contributed by atoms with Crippen molar-refractivity contribution in [2.24, 2.45) is 10.9 Å². The molecule has 0 radical (unpaired) electrons. The van der Waals surface area contributed by atoms with E-state index < -0.39 is 0 Å². The topological polar surface area (TPSA) is 40.1 Å². The Morgan fingerprint density at radius 1 is 1.35 bits per heavy atom. The van der Waals surface area contributed by atoms with Gasteiger partial charge in [-0.2, -0.15) is 0 Å². The smallest absolute Gasteiger partial charge is 0.193 e. The van der Waals surface area contributed by atoms with Crippen LogP contribution < -0.4 is 10.1 Å². The van der Waals surface area contributed by atoms with Gasteiger partial charge in [0, 0.05) is 19.6 Å². The lowest BCUT2D eigenvalue weighted by molar-refractivity contribution is 0.270. The first-order valence-electron chi connectivity index (χ1n) is 9.38. The van der Waals surface area contributed by atoms with Crippen molar-refractivity contribution < 1.29 is 4.74 Å². The molecule has 6 heteroatoms. The number of rotatable bonds is 6. The normalized spacial score (nSPS) is 17.0. The minimum Gasteiger partial charge on any atom is -0.497 e. The minimum atomic E-state index is 0. The van der Waals surface area contributed by atoms with Crippen LogP contribution >= 0.6 is 24.0 Å². The standard InChI is InChI=1S/C20H34N4O.HI/c1-6-21-20(24-12-10-16(2)11-13-24)22-15-19(23(3)4)17-8-7-9-18(14-17)25-5;/h7-9,14,16,19H,6,10-13,15H2,1-5H3,(H,21,22);1H. The number of nitrogens with zero attached hydrogens (tertiary/aromatic N) is 3. The number of nitrogens with one attached hydrogen (secondary N) is 1. The van der Waals surface area contributed by atoms with Gasteiger partial charge in [0.15, 0.2) is 5.96 Å². The van der Waals surface area contributed by atoms with Crippen LogP contribution in [-0.4, -0.2) is 63.1 Å². The summed E-state index contributed by atoms with van der Waals surface area (Å²) < 4.78 is 5.38. The van der Waals surface area contributed by atoms with Crippen molar-refractivity contribution in [3.8, 4) is 5.75 Å². The van der Waals surface area contributed by atoms with Crippen molar-refractivity contribution in [3.63, 3.8) is 0 Å². The van der Waals surface area contributed by atoms with Crippen LogP contribution in [0.4, 0.5) is 0 Å². The largest absolute Gasteiger partial charge is 0.497 e. The molecular weight excluding hydrogens is 439 g/mol. The van der Waals surface area contributed by atoms with E-state index in [1.54, 1.807) is 7.11 Å². The highest BCUT2D eigenvalue weighted by Crippen LogP contribution is 2.23. The van der Waals surface area contributed by atoms with Gasteiger partial charge in [-0.05, 0) is 57.5 Å². The van der Waals surface area contributed by atoms with Gasteiger partial charge in [-0.3, -0.25) is 4.99 Å². The fraction of sp³-hybridized carbons (Fsp3) is 0.650. The molecule has 0 aromatic heterocycles. The Morgan fingerprint density at radius 3 is 2.62 bits per heavy atom. The molecule has 148 valence electrons. The Balaban J connectivity index is 0.00000338. The van der Waals surface area contributed by atoms with Crippen LogP contribution in [0.1, 0.15) is 38.3 Å². The number of benzene rings is 1. The molecule has 0 spiro atoms. The summed E-state index contributed by atoms with van der Waals surface area (Å²) >= 11 is 0. The van der Waals surface area contributed by atoms with Gasteiger partial charge in [-0.25, -0.2) is 0 Å². The zero-order chi connectivity index (χ0) is 18.2. The summed E-state index contributed by atoms with van der Waals surface area (Å²) in [5, 5.41) is 3.47. The number of guanidine groups is 1. The minimum absolute atomic E-state index is 0. The Kier molecular flexibility index (Phi) is 10.3. The molecule has 1 aromatic rings. The van der Waals surface area contributed by atoms with Crippen LogP contribution in [0.2, 0.25) is 0 Å². The number of ether oxygens (including phenoxy) is 1. The van der Waals surface area contributed by atoms with Gasteiger partial charge in [0.05, 0.1) is 19.7 Å². The molecule has 1 heterocycles. The second-order valence-corrected chi connectivity index (χ2v) is 7.12. The summed E-state index contributed by atoms with van der Waals surface area (Å²) in [6.07, 6.45) is 2.49. The molecule has 0 aliphatic carbocycles. The van der Waals surface area contributed by atoms with Gasteiger partial charge >= 0.3 is 0 Å². The number of methoxy groups -OCH3 is 1. The maximum Gasteiger partial charge on any atom is 0.193 e. The van der Waals surface area contributed by atoms with Gasteiger partial charge in [0.2, 0.25) is 0 Å². The summed E-state index contributed by atoms with van der Waals surface area (Å²) in [4.78, 5) is 9.59. The molecule has 5 nitrogen and oxygen atoms in total. The van der Waals surface area contributed by atoms with E-state index in [0.717, 1.165) is 43.8 Å².